The molecule has 1 aliphatic heterocycles. The van der Waals surface area contributed by atoms with Crippen molar-refractivity contribution in [2.75, 3.05) is 13.1 Å². The zero-order valence-electron chi connectivity index (χ0n) is 12.6. The third-order valence-electron chi connectivity index (χ3n) is 4.35. The fraction of sp³-hybridized carbons (Fsp3) is 0.688. The second kappa shape index (κ2) is 6.49. The first-order valence-electron chi connectivity index (χ1n) is 7.53. The molecule has 0 spiro atoms. The van der Waals surface area contributed by atoms with E-state index in [1.54, 1.807) is 0 Å². The fourth-order valence-corrected chi connectivity index (χ4v) is 2.99. The topological polar surface area (TPSA) is 28.2 Å². The molecule has 2 heterocycles. The average Bonchev–Trinajstić information content (AvgIpc) is 2.46. The lowest BCUT2D eigenvalue weighted by Crippen LogP contribution is -2.58. The summed E-state index contributed by atoms with van der Waals surface area (Å²) in [6, 6.07) is 7.82. The Morgan fingerprint density at radius 3 is 2.74 bits per heavy atom. The Bertz CT molecular complexity index is 377. The van der Waals surface area contributed by atoms with Gasteiger partial charge in [-0.05, 0) is 31.4 Å². The van der Waals surface area contributed by atoms with Crippen LogP contribution >= 0.6 is 0 Å². The van der Waals surface area contributed by atoms with Gasteiger partial charge in [-0.1, -0.05) is 26.8 Å². The van der Waals surface area contributed by atoms with Crippen molar-refractivity contribution in [3.8, 4) is 0 Å². The second-order valence-corrected chi connectivity index (χ2v) is 5.95. The van der Waals surface area contributed by atoms with Gasteiger partial charge in [0, 0.05) is 37.4 Å². The Balaban J connectivity index is 2.17. The predicted molar refractivity (Wildman–Crippen MR) is 80.1 cm³/mol. The molecule has 0 radical (unpaired) electrons. The zero-order valence-corrected chi connectivity index (χ0v) is 12.6. The van der Waals surface area contributed by atoms with E-state index >= 15 is 0 Å². The van der Waals surface area contributed by atoms with Gasteiger partial charge in [0.2, 0.25) is 0 Å². The first kappa shape index (κ1) is 14.5. The molecule has 1 aliphatic rings. The standard InChI is InChI=1S/C16H27N3/c1-5-14-11-19(16(10-18-14)12(2)3)13(4)15-8-6-7-9-17-15/h6-9,12-14,16,18H,5,10-11H2,1-4H3. The van der Waals surface area contributed by atoms with Gasteiger partial charge in [0.05, 0.1) is 5.69 Å². The fourth-order valence-electron chi connectivity index (χ4n) is 2.99. The SMILES string of the molecule is CCC1CN(C(C)c2ccccn2)C(C(C)C)CN1. The van der Waals surface area contributed by atoms with Crippen LogP contribution in [0.25, 0.3) is 0 Å². The minimum atomic E-state index is 0.393. The summed E-state index contributed by atoms with van der Waals surface area (Å²) in [5.74, 6) is 0.663. The minimum Gasteiger partial charge on any atom is -0.311 e. The molecule has 3 heteroatoms. The molecular formula is C16H27N3. The summed E-state index contributed by atoms with van der Waals surface area (Å²) >= 11 is 0. The molecular weight excluding hydrogens is 234 g/mol. The van der Waals surface area contributed by atoms with Crippen molar-refractivity contribution >= 4 is 0 Å². The largest absolute Gasteiger partial charge is 0.311 e. The highest BCUT2D eigenvalue weighted by molar-refractivity contribution is 5.09. The van der Waals surface area contributed by atoms with E-state index in [4.69, 9.17) is 0 Å². The molecule has 0 bridgehead atoms. The van der Waals surface area contributed by atoms with Crippen LogP contribution < -0.4 is 5.32 Å². The van der Waals surface area contributed by atoms with Gasteiger partial charge in [-0.3, -0.25) is 9.88 Å². The number of pyridine rings is 1. The zero-order chi connectivity index (χ0) is 13.8. The molecule has 3 nitrogen and oxygen atoms in total. The first-order chi connectivity index (χ1) is 9.13. The highest BCUT2D eigenvalue weighted by Gasteiger charge is 2.32. The number of nitrogens with one attached hydrogen (secondary N) is 1. The van der Waals surface area contributed by atoms with Crippen LogP contribution in [-0.2, 0) is 0 Å². The summed E-state index contributed by atoms with van der Waals surface area (Å²) in [7, 11) is 0. The van der Waals surface area contributed by atoms with Crippen molar-refractivity contribution < 1.29 is 0 Å². The van der Waals surface area contributed by atoms with Crippen LogP contribution in [0, 0.1) is 5.92 Å². The van der Waals surface area contributed by atoms with Gasteiger partial charge in [-0.2, -0.15) is 0 Å². The summed E-state index contributed by atoms with van der Waals surface area (Å²) < 4.78 is 0. The van der Waals surface area contributed by atoms with E-state index in [1.807, 2.05) is 12.3 Å². The van der Waals surface area contributed by atoms with Crippen LogP contribution in [0.5, 0.6) is 0 Å². The molecule has 1 aromatic heterocycles. The maximum atomic E-state index is 4.54. The summed E-state index contributed by atoms with van der Waals surface area (Å²) in [5, 5.41) is 3.67. The van der Waals surface area contributed by atoms with Crippen LogP contribution in [0.4, 0.5) is 0 Å². The molecule has 1 N–H and O–H groups in total. The number of aromatic nitrogens is 1. The lowest BCUT2D eigenvalue weighted by Gasteiger charge is -2.45. The van der Waals surface area contributed by atoms with Crippen molar-refractivity contribution in [2.45, 2.75) is 52.2 Å². The van der Waals surface area contributed by atoms with Gasteiger partial charge >= 0.3 is 0 Å². The summed E-state index contributed by atoms with van der Waals surface area (Å²) in [6.45, 7) is 11.4. The van der Waals surface area contributed by atoms with Gasteiger partial charge in [0.15, 0.2) is 0 Å². The number of hydrogen-bond acceptors (Lipinski definition) is 3. The van der Waals surface area contributed by atoms with Gasteiger partial charge < -0.3 is 5.32 Å². The number of hydrogen-bond donors (Lipinski definition) is 1. The van der Waals surface area contributed by atoms with Crippen LogP contribution in [0.1, 0.15) is 45.9 Å². The predicted octanol–water partition coefficient (Wildman–Crippen LogP) is 2.85. The van der Waals surface area contributed by atoms with Crippen molar-refractivity contribution in [1.82, 2.24) is 15.2 Å². The van der Waals surface area contributed by atoms with Crippen LogP contribution in [0.15, 0.2) is 24.4 Å². The first-order valence-corrected chi connectivity index (χ1v) is 7.53. The van der Waals surface area contributed by atoms with E-state index in [0.717, 1.165) is 13.1 Å². The molecule has 19 heavy (non-hydrogen) atoms. The van der Waals surface area contributed by atoms with Crippen molar-refractivity contribution in [2.24, 2.45) is 5.92 Å². The Hall–Kier alpha value is -0.930. The number of piperazine rings is 1. The molecule has 0 saturated carbocycles. The molecule has 3 atom stereocenters. The number of nitrogens with zero attached hydrogens (tertiary/aromatic N) is 2. The summed E-state index contributed by atoms with van der Waals surface area (Å²) in [6.07, 6.45) is 3.09. The molecule has 1 saturated heterocycles. The molecule has 0 aromatic carbocycles. The molecule has 1 aromatic rings. The van der Waals surface area contributed by atoms with E-state index in [2.05, 4.69) is 55.0 Å². The molecule has 2 rings (SSSR count). The maximum Gasteiger partial charge on any atom is 0.0572 e. The Morgan fingerprint density at radius 2 is 2.16 bits per heavy atom. The van der Waals surface area contributed by atoms with Crippen LogP contribution in [0.2, 0.25) is 0 Å². The van der Waals surface area contributed by atoms with Crippen LogP contribution in [0.3, 0.4) is 0 Å². The highest BCUT2D eigenvalue weighted by atomic mass is 15.3. The third-order valence-corrected chi connectivity index (χ3v) is 4.35. The maximum absolute atomic E-state index is 4.54. The molecule has 0 aliphatic carbocycles. The van der Waals surface area contributed by atoms with Gasteiger partial charge in [0.1, 0.15) is 0 Å². The smallest absolute Gasteiger partial charge is 0.0572 e. The minimum absolute atomic E-state index is 0.393. The van der Waals surface area contributed by atoms with E-state index in [-0.39, 0.29) is 0 Å². The average molecular weight is 261 g/mol. The van der Waals surface area contributed by atoms with E-state index in [1.165, 1.54) is 12.1 Å². The van der Waals surface area contributed by atoms with Gasteiger partial charge in [-0.25, -0.2) is 0 Å². The molecule has 1 fully saturated rings. The molecule has 3 unspecified atom stereocenters. The van der Waals surface area contributed by atoms with Gasteiger partial charge in [0.25, 0.3) is 0 Å². The van der Waals surface area contributed by atoms with E-state index in [0.29, 0.717) is 24.0 Å². The Labute approximate surface area is 117 Å². The Kier molecular flexibility index (Phi) is 4.94. The molecule has 0 amide bonds. The van der Waals surface area contributed by atoms with Crippen LogP contribution in [-0.4, -0.2) is 35.1 Å². The Morgan fingerprint density at radius 1 is 1.37 bits per heavy atom. The quantitative estimate of drug-likeness (QED) is 0.903. The number of rotatable bonds is 4. The van der Waals surface area contributed by atoms with Crippen molar-refractivity contribution in [3.05, 3.63) is 30.1 Å². The van der Waals surface area contributed by atoms with Crippen molar-refractivity contribution in [1.29, 1.82) is 0 Å². The van der Waals surface area contributed by atoms with E-state index < -0.39 is 0 Å². The highest BCUT2D eigenvalue weighted by Crippen LogP contribution is 2.26. The van der Waals surface area contributed by atoms with Crippen molar-refractivity contribution in [3.63, 3.8) is 0 Å². The lowest BCUT2D eigenvalue weighted by molar-refractivity contribution is 0.0594. The van der Waals surface area contributed by atoms with Gasteiger partial charge in [-0.15, -0.1) is 0 Å². The lowest BCUT2D eigenvalue weighted by atomic mass is 9.95. The second-order valence-electron chi connectivity index (χ2n) is 5.95. The van der Waals surface area contributed by atoms with E-state index in [9.17, 15) is 0 Å². The third kappa shape index (κ3) is 3.34. The monoisotopic (exact) mass is 261 g/mol. The molecule has 106 valence electrons. The summed E-state index contributed by atoms with van der Waals surface area (Å²) in [5.41, 5.74) is 1.19. The summed E-state index contributed by atoms with van der Waals surface area (Å²) in [4.78, 5) is 7.17. The normalized spacial score (nSPS) is 26.6.